The van der Waals surface area contributed by atoms with Crippen molar-refractivity contribution < 1.29 is 14.0 Å². The van der Waals surface area contributed by atoms with E-state index in [1.807, 2.05) is 0 Å². The number of nitrogens with zero attached hydrogens (tertiary/aromatic N) is 2. The minimum atomic E-state index is -0.460. The molecule has 0 saturated heterocycles. The van der Waals surface area contributed by atoms with Crippen LogP contribution in [0.4, 0.5) is 0 Å². The fourth-order valence-electron chi connectivity index (χ4n) is 2.62. The molecule has 0 aliphatic carbocycles. The number of imide groups is 1. The van der Waals surface area contributed by atoms with E-state index in [4.69, 9.17) is 27.6 Å². The minimum absolute atomic E-state index is 0.339. The van der Waals surface area contributed by atoms with Crippen molar-refractivity contribution in [1.82, 2.24) is 5.01 Å². The summed E-state index contributed by atoms with van der Waals surface area (Å²) < 4.78 is 5.67. The monoisotopic (exact) mass is 384 g/mol. The standard InChI is InChI=1S/C19H10Cl2N2O3/c20-15-7-5-11(9-16(15)21)17-8-6-12(26-17)10-22-23-18(24)13-3-1-2-4-14(13)19(23)25/h1-10H. The van der Waals surface area contributed by atoms with Gasteiger partial charge >= 0.3 is 0 Å². The van der Waals surface area contributed by atoms with Gasteiger partial charge < -0.3 is 4.42 Å². The first-order valence-corrected chi connectivity index (χ1v) is 8.37. The number of rotatable bonds is 3. The van der Waals surface area contributed by atoms with E-state index in [0.717, 1.165) is 10.6 Å². The number of carbonyl (C=O) groups is 2. The van der Waals surface area contributed by atoms with Gasteiger partial charge in [0.05, 0.1) is 27.4 Å². The van der Waals surface area contributed by atoms with Gasteiger partial charge in [0.2, 0.25) is 0 Å². The Hall–Kier alpha value is -2.89. The van der Waals surface area contributed by atoms with Crippen molar-refractivity contribution in [2.45, 2.75) is 0 Å². The Bertz CT molecular complexity index is 1040. The first-order chi connectivity index (χ1) is 12.5. The average Bonchev–Trinajstić information content (AvgIpc) is 3.21. The minimum Gasteiger partial charge on any atom is -0.455 e. The van der Waals surface area contributed by atoms with Gasteiger partial charge in [-0.05, 0) is 42.5 Å². The number of amides is 2. The SMILES string of the molecule is O=C1c2ccccc2C(=O)N1N=Cc1ccc(-c2ccc(Cl)c(Cl)c2)o1. The Morgan fingerprint density at radius 3 is 2.23 bits per heavy atom. The van der Waals surface area contributed by atoms with Gasteiger partial charge in [0.1, 0.15) is 11.5 Å². The number of hydrazone groups is 1. The normalized spacial score (nSPS) is 13.7. The van der Waals surface area contributed by atoms with Crippen LogP contribution in [0.1, 0.15) is 26.5 Å². The fraction of sp³-hybridized carbons (Fsp3) is 0. The highest BCUT2D eigenvalue weighted by Crippen LogP contribution is 2.29. The number of hydrogen-bond donors (Lipinski definition) is 0. The number of fused-ring (bicyclic) bond motifs is 1. The third-order valence-electron chi connectivity index (χ3n) is 3.90. The molecule has 0 fully saturated rings. The summed E-state index contributed by atoms with van der Waals surface area (Å²) in [6, 6.07) is 15.2. The highest BCUT2D eigenvalue weighted by molar-refractivity contribution is 6.42. The van der Waals surface area contributed by atoms with Gasteiger partial charge in [-0.25, -0.2) is 0 Å². The van der Waals surface area contributed by atoms with Crippen LogP contribution in [0.3, 0.4) is 0 Å². The first-order valence-electron chi connectivity index (χ1n) is 7.61. The number of carbonyl (C=O) groups excluding carboxylic acids is 2. The van der Waals surface area contributed by atoms with Crippen molar-refractivity contribution >= 4 is 41.2 Å². The van der Waals surface area contributed by atoms with Gasteiger partial charge in [0.25, 0.3) is 11.8 Å². The predicted octanol–water partition coefficient (Wildman–Crippen LogP) is 4.88. The number of halogens is 2. The van der Waals surface area contributed by atoms with Crippen molar-refractivity contribution in [2.24, 2.45) is 5.10 Å². The van der Waals surface area contributed by atoms with E-state index in [0.29, 0.717) is 32.7 Å². The van der Waals surface area contributed by atoms with E-state index in [-0.39, 0.29) is 0 Å². The van der Waals surface area contributed by atoms with Crippen LogP contribution < -0.4 is 0 Å². The van der Waals surface area contributed by atoms with Gasteiger partial charge in [-0.15, -0.1) is 0 Å². The lowest BCUT2D eigenvalue weighted by molar-refractivity contribution is 0.0660. The molecule has 0 radical (unpaired) electrons. The van der Waals surface area contributed by atoms with Crippen LogP contribution in [0.5, 0.6) is 0 Å². The predicted molar refractivity (Wildman–Crippen MR) is 98.7 cm³/mol. The van der Waals surface area contributed by atoms with Gasteiger partial charge in [-0.2, -0.15) is 10.1 Å². The summed E-state index contributed by atoms with van der Waals surface area (Å²) in [7, 11) is 0. The molecule has 2 amide bonds. The molecule has 1 aliphatic rings. The molecule has 128 valence electrons. The summed E-state index contributed by atoms with van der Waals surface area (Å²) in [5.74, 6) is 0.0335. The molecule has 5 nitrogen and oxygen atoms in total. The van der Waals surface area contributed by atoms with Crippen molar-refractivity contribution in [3.05, 3.63) is 81.5 Å². The largest absolute Gasteiger partial charge is 0.455 e. The number of furan rings is 1. The maximum atomic E-state index is 12.3. The molecular weight excluding hydrogens is 375 g/mol. The summed E-state index contributed by atoms with van der Waals surface area (Å²) in [5, 5.41) is 5.67. The lowest BCUT2D eigenvalue weighted by Gasteiger charge is -2.04. The quantitative estimate of drug-likeness (QED) is 0.477. The molecule has 0 unspecified atom stereocenters. The van der Waals surface area contributed by atoms with E-state index in [1.54, 1.807) is 54.6 Å². The van der Waals surface area contributed by atoms with Gasteiger partial charge in [-0.3, -0.25) is 9.59 Å². The molecular formula is C19H10Cl2N2O3. The maximum absolute atomic E-state index is 12.3. The van der Waals surface area contributed by atoms with Crippen molar-refractivity contribution in [2.75, 3.05) is 0 Å². The van der Waals surface area contributed by atoms with Crippen molar-refractivity contribution in [3.63, 3.8) is 0 Å². The first kappa shape index (κ1) is 16.6. The Morgan fingerprint density at radius 1 is 0.885 bits per heavy atom. The van der Waals surface area contributed by atoms with Gasteiger partial charge in [-0.1, -0.05) is 35.3 Å². The van der Waals surface area contributed by atoms with Crippen molar-refractivity contribution in [1.29, 1.82) is 0 Å². The third-order valence-corrected chi connectivity index (χ3v) is 4.64. The van der Waals surface area contributed by atoms with E-state index < -0.39 is 11.8 Å². The molecule has 4 rings (SSSR count). The van der Waals surface area contributed by atoms with Crippen LogP contribution in [-0.2, 0) is 0 Å². The number of hydrogen-bond acceptors (Lipinski definition) is 4. The fourth-order valence-corrected chi connectivity index (χ4v) is 2.92. The van der Waals surface area contributed by atoms with Crippen LogP contribution in [0.15, 0.2) is 64.1 Å². The lowest BCUT2D eigenvalue weighted by Crippen LogP contribution is -2.23. The average molecular weight is 385 g/mol. The molecule has 0 atom stereocenters. The molecule has 1 aliphatic heterocycles. The van der Waals surface area contributed by atoms with Gasteiger partial charge in [0, 0.05) is 5.56 Å². The topological polar surface area (TPSA) is 62.9 Å². The van der Waals surface area contributed by atoms with E-state index >= 15 is 0 Å². The van der Waals surface area contributed by atoms with E-state index in [1.165, 1.54) is 6.21 Å². The Morgan fingerprint density at radius 2 is 1.58 bits per heavy atom. The number of benzene rings is 2. The Balaban J connectivity index is 1.57. The highest BCUT2D eigenvalue weighted by atomic mass is 35.5. The summed E-state index contributed by atoms with van der Waals surface area (Å²) in [6.07, 6.45) is 1.32. The molecule has 0 N–H and O–H groups in total. The summed E-state index contributed by atoms with van der Waals surface area (Å²) in [4.78, 5) is 24.5. The molecule has 26 heavy (non-hydrogen) atoms. The molecule has 0 spiro atoms. The molecule has 3 aromatic rings. The highest BCUT2D eigenvalue weighted by Gasteiger charge is 2.35. The zero-order chi connectivity index (χ0) is 18.3. The van der Waals surface area contributed by atoms with Crippen LogP contribution in [0.25, 0.3) is 11.3 Å². The molecule has 7 heteroatoms. The Kier molecular flexibility index (Phi) is 4.11. The molecule has 2 heterocycles. The lowest BCUT2D eigenvalue weighted by atomic mass is 10.1. The second-order valence-electron chi connectivity index (χ2n) is 5.54. The van der Waals surface area contributed by atoms with Crippen LogP contribution in [-0.4, -0.2) is 23.0 Å². The van der Waals surface area contributed by atoms with Crippen molar-refractivity contribution in [3.8, 4) is 11.3 Å². The van der Waals surface area contributed by atoms with Crippen LogP contribution >= 0.6 is 23.2 Å². The second kappa shape index (κ2) is 6.44. The molecule has 2 aromatic carbocycles. The second-order valence-corrected chi connectivity index (χ2v) is 6.36. The summed E-state index contributed by atoms with van der Waals surface area (Å²) in [5.41, 5.74) is 1.43. The van der Waals surface area contributed by atoms with Crippen LogP contribution in [0.2, 0.25) is 10.0 Å². The molecule has 1 aromatic heterocycles. The summed E-state index contributed by atoms with van der Waals surface area (Å²) >= 11 is 11.9. The van der Waals surface area contributed by atoms with E-state index in [9.17, 15) is 9.59 Å². The Labute approximate surface area is 158 Å². The van der Waals surface area contributed by atoms with Gasteiger partial charge in [0.15, 0.2) is 0 Å². The molecule has 0 saturated carbocycles. The molecule has 0 bridgehead atoms. The van der Waals surface area contributed by atoms with Crippen LogP contribution in [0, 0.1) is 0 Å². The zero-order valence-corrected chi connectivity index (χ0v) is 14.7. The maximum Gasteiger partial charge on any atom is 0.282 e. The third kappa shape index (κ3) is 2.81. The van der Waals surface area contributed by atoms with E-state index in [2.05, 4.69) is 5.10 Å². The summed E-state index contributed by atoms with van der Waals surface area (Å²) in [6.45, 7) is 0. The smallest absolute Gasteiger partial charge is 0.282 e. The zero-order valence-electron chi connectivity index (χ0n) is 13.1.